The summed E-state index contributed by atoms with van der Waals surface area (Å²) in [6, 6.07) is 13.0. The topological polar surface area (TPSA) is 93.7 Å². The Balaban J connectivity index is 2.07. The van der Waals surface area contributed by atoms with Gasteiger partial charge in [-0.2, -0.15) is 0 Å². The van der Waals surface area contributed by atoms with Gasteiger partial charge < -0.3 is 20.1 Å². The van der Waals surface area contributed by atoms with Gasteiger partial charge in [-0.15, -0.1) is 0 Å². The van der Waals surface area contributed by atoms with Crippen LogP contribution in [0.4, 0.5) is 11.4 Å². The van der Waals surface area contributed by atoms with E-state index in [2.05, 4.69) is 10.6 Å². The highest BCUT2D eigenvalue weighted by Crippen LogP contribution is 2.18. The van der Waals surface area contributed by atoms with Crippen molar-refractivity contribution in [2.45, 2.75) is 6.92 Å². The molecule has 2 aromatic rings. The predicted molar refractivity (Wildman–Crippen MR) is 92.7 cm³/mol. The van der Waals surface area contributed by atoms with Crippen molar-refractivity contribution >= 4 is 29.2 Å². The van der Waals surface area contributed by atoms with E-state index < -0.39 is 5.97 Å². The molecule has 0 spiro atoms. The van der Waals surface area contributed by atoms with Crippen LogP contribution < -0.4 is 15.4 Å². The third-order valence-electron chi connectivity index (χ3n) is 3.04. The minimum atomic E-state index is -0.461. The number of amides is 2. The number of nitrogens with one attached hydrogen (secondary N) is 2. The van der Waals surface area contributed by atoms with Crippen molar-refractivity contribution in [2.75, 3.05) is 24.4 Å². The largest absolute Gasteiger partial charge is 0.427 e. The third kappa shape index (κ3) is 5.74. The van der Waals surface area contributed by atoms with Crippen molar-refractivity contribution in [2.24, 2.45) is 0 Å². The summed E-state index contributed by atoms with van der Waals surface area (Å²) in [5.41, 5.74) is 1.39. The number of methoxy groups -OCH3 is 1. The summed E-state index contributed by atoms with van der Waals surface area (Å²) in [6.07, 6.45) is 0. The summed E-state index contributed by atoms with van der Waals surface area (Å²) in [4.78, 5) is 34.8. The zero-order valence-corrected chi connectivity index (χ0v) is 13.9. The number of ether oxygens (including phenoxy) is 2. The molecule has 25 heavy (non-hydrogen) atoms. The highest BCUT2D eigenvalue weighted by atomic mass is 16.5. The Labute approximate surface area is 144 Å². The number of hydrogen-bond acceptors (Lipinski definition) is 5. The summed E-state index contributed by atoms with van der Waals surface area (Å²) in [5.74, 6) is -0.827. The molecule has 7 heteroatoms. The van der Waals surface area contributed by atoms with Crippen molar-refractivity contribution in [1.82, 2.24) is 0 Å². The Morgan fingerprint density at radius 2 is 1.64 bits per heavy atom. The smallest absolute Gasteiger partial charge is 0.308 e. The molecule has 7 nitrogen and oxygen atoms in total. The molecular weight excluding hydrogens is 324 g/mol. The van der Waals surface area contributed by atoms with Gasteiger partial charge in [0.05, 0.1) is 0 Å². The molecule has 0 aliphatic heterocycles. The van der Waals surface area contributed by atoms with Gasteiger partial charge in [0.15, 0.2) is 0 Å². The number of rotatable bonds is 6. The normalized spacial score (nSPS) is 10.0. The van der Waals surface area contributed by atoms with E-state index in [1.54, 1.807) is 42.5 Å². The number of hydrogen-bond donors (Lipinski definition) is 2. The Hall–Kier alpha value is -3.19. The average Bonchev–Trinajstić information content (AvgIpc) is 2.55. The molecule has 0 saturated carbocycles. The molecular formula is C18H18N2O5. The zero-order valence-electron chi connectivity index (χ0n) is 13.9. The van der Waals surface area contributed by atoms with Gasteiger partial charge in [-0.05, 0) is 36.4 Å². The lowest BCUT2D eigenvalue weighted by Gasteiger charge is -2.09. The summed E-state index contributed by atoms with van der Waals surface area (Å²) in [6.45, 7) is 1.23. The molecule has 0 unspecified atom stereocenters. The molecule has 0 radical (unpaired) electrons. The molecule has 0 aliphatic rings. The average molecular weight is 342 g/mol. The van der Waals surface area contributed by atoms with E-state index in [4.69, 9.17) is 9.47 Å². The Bertz CT molecular complexity index is 789. The van der Waals surface area contributed by atoms with Gasteiger partial charge >= 0.3 is 5.97 Å². The zero-order chi connectivity index (χ0) is 18.2. The highest BCUT2D eigenvalue weighted by molar-refractivity contribution is 6.05. The number of carbonyl (C=O) groups is 3. The van der Waals surface area contributed by atoms with E-state index in [-0.39, 0.29) is 18.4 Å². The van der Waals surface area contributed by atoms with E-state index in [1.165, 1.54) is 20.1 Å². The molecule has 0 heterocycles. The van der Waals surface area contributed by atoms with Crippen LogP contribution in [0, 0.1) is 0 Å². The van der Waals surface area contributed by atoms with Gasteiger partial charge in [-0.1, -0.05) is 12.1 Å². The minimum absolute atomic E-state index is 0.0560. The van der Waals surface area contributed by atoms with E-state index in [0.29, 0.717) is 22.7 Å². The lowest BCUT2D eigenvalue weighted by molar-refractivity contribution is -0.131. The molecule has 2 amide bonds. The monoisotopic (exact) mass is 342 g/mol. The van der Waals surface area contributed by atoms with Gasteiger partial charge in [0.2, 0.25) is 5.91 Å². The van der Waals surface area contributed by atoms with Crippen LogP contribution in [0.15, 0.2) is 48.5 Å². The maximum atomic E-state index is 12.3. The first-order valence-corrected chi connectivity index (χ1v) is 7.46. The fourth-order valence-electron chi connectivity index (χ4n) is 2.07. The first-order valence-electron chi connectivity index (χ1n) is 7.46. The van der Waals surface area contributed by atoms with E-state index in [1.807, 2.05) is 0 Å². The lowest BCUT2D eigenvalue weighted by atomic mass is 10.2. The predicted octanol–water partition coefficient (Wildman–Crippen LogP) is 2.45. The van der Waals surface area contributed by atoms with Crippen LogP contribution in [0.25, 0.3) is 0 Å². The van der Waals surface area contributed by atoms with E-state index in [0.717, 1.165) is 0 Å². The quantitative estimate of drug-likeness (QED) is 0.621. The lowest BCUT2D eigenvalue weighted by Crippen LogP contribution is -2.17. The third-order valence-corrected chi connectivity index (χ3v) is 3.04. The maximum absolute atomic E-state index is 12.3. The van der Waals surface area contributed by atoms with E-state index >= 15 is 0 Å². The summed E-state index contributed by atoms with van der Waals surface area (Å²) >= 11 is 0. The van der Waals surface area contributed by atoms with Crippen LogP contribution in [0.5, 0.6) is 5.75 Å². The summed E-state index contributed by atoms with van der Waals surface area (Å²) in [7, 11) is 1.43. The number of esters is 1. The molecule has 130 valence electrons. The SMILES string of the molecule is COCC(=O)Nc1cccc(NC(=O)c2cccc(OC(C)=O)c2)c1. The molecule has 0 aromatic heterocycles. The van der Waals surface area contributed by atoms with Gasteiger partial charge in [0, 0.05) is 31.0 Å². The Kier molecular flexibility index (Phi) is 6.25. The van der Waals surface area contributed by atoms with Gasteiger partial charge in [0.1, 0.15) is 12.4 Å². The number of benzene rings is 2. The van der Waals surface area contributed by atoms with Gasteiger partial charge in [-0.3, -0.25) is 14.4 Å². The fourth-order valence-corrected chi connectivity index (χ4v) is 2.07. The fraction of sp³-hybridized carbons (Fsp3) is 0.167. The number of anilines is 2. The van der Waals surface area contributed by atoms with Crippen molar-refractivity contribution in [3.63, 3.8) is 0 Å². The molecule has 0 saturated heterocycles. The van der Waals surface area contributed by atoms with Crippen molar-refractivity contribution in [1.29, 1.82) is 0 Å². The van der Waals surface area contributed by atoms with Crippen molar-refractivity contribution in [3.8, 4) is 5.75 Å². The van der Waals surface area contributed by atoms with Crippen LogP contribution in [-0.4, -0.2) is 31.5 Å². The van der Waals surface area contributed by atoms with Crippen LogP contribution in [0.1, 0.15) is 17.3 Å². The van der Waals surface area contributed by atoms with Crippen molar-refractivity contribution in [3.05, 3.63) is 54.1 Å². The molecule has 0 bridgehead atoms. The Morgan fingerprint density at radius 3 is 2.32 bits per heavy atom. The van der Waals surface area contributed by atoms with E-state index in [9.17, 15) is 14.4 Å². The summed E-state index contributed by atoms with van der Waals surface area (Å²) < 4.78 is 9.71. The van der Waals surface area contributed by atoms with Crippen LogP contribution >= 0.6 is 0 Å². The molecule has 2 N–H and O–H groups in total. The maximum Gasteiger partial charge on any atom is 0.308 e. The first kappa shape index (κ1) is 18.2. The molecule has 0 atom stereocenters. The molecule has 2 aromatic carbocycles. The first-order chi connectivity index (χ1) is 12.0. The molecule has 2 rings (SSSR count). The van der Waals surface area contributed by atoms with Crippen LogP contribution in [0.3, 0.4) is 0 Å². The highest BCUT2D eigenvalue weighted by Gasteiger charge is 2.09. The van der Waals surface area contributed by atoms with Crippen LogP contribution in [-0.2, 0) is 14.3 Å². The molecule has 0 aliphatic carbocycles. The summed E-state index contributed by atoms with van der Waals surface area (Å²) in [5, 5.41) is 5.38. The second-order valence-electron chi connectivity index (χ2n) is 5.14. The Morgan fingerprint density at radius 1 is 0.960 bits per heavy atom. The standard InChI is InChI=1S/C18H18N2O5/c1-12(21)25-16-8-3-5-13(9-16)18(23)20-15-7-4-6-14(10-15)19-17(22)11-24-2/h3-10H,11H2,1-2H3,(H,19,22)(H,20,23). The van der Waals surface area contributed by atoms with Crippen molar-refractivity contribution < 1.29 is 23.9 Å². The second kappa shape index (κ2) is 8.60. The number of carbonyl (C=O) groups excluding carboxylic acids is 3. The van der Waals surface area contributed by atoms with Crippen LogP contribution in [0.2, 0.25) is 0 Å². The van der Waals surface area contributed by atoms with Gasteiger partial charge in [-0.25, -0.2) is 0 Å². The van der Waals surface area contributed by atoms with Gasteiger partial charge in [0.25, 0.3) is 5.91 Å². The minimum Gasteiger partial charge on any atom is -0.427 e. The molecule has 0 fully saturated rings. The second-order valence-corrected chi connectivity index (χ2v) is 5.14.